The van der Waals surface area contributed by atoms with Gasteiger partial charge in [0.25, 0.3) is 0 Å². The monoisotopic (exact) mass is 407 g/mol. The molecule has 4 nitrogen and oxygen atoms in total. The van der Waals surface area contributed by atoms with Gasteiger partial charge in [0.1, 0.15) is 5.75 Å². The zero-order valence-electron chi connectivity index (χ0n) is 17.8. The molecule has 0 saturated heterocycles. The first-order valence-electron chi connectivity index (χ1n) is 11.5. The van der Waals surface area contributed by atoms with Crippen molar-refractivity contribution in [2.24, 2.45) is 0 Å². The Morgan fingerprint density at radius 2 is 1.73 bits per heavy atom. The molecule has 30 heavy (non-hydrogen) atoms. The Bertz CT molecular complexity index is 857. The highest BCUT2D eigenvalue weighted by Crippen LogP contribution is 2.27. The average molecular weight is 408 g/mol. The number of hydrogen-bond acceptors (Lipinski definition) is 3. The highest BCUT2D eigenvalue weighted by Gasteiger charge is 2.21. The van der Waals surface area contributed by atoms with Gasteiger partial charge in [0, 0.05) is 19.0 Å². The fraction of sp³-hybridized carbons (Fsp3) is 0.500. The molecule has 0 atom stereocenters. The maximum Gasteiger partial charge on any atom is 0.335 e. The van der Waals surface area contributed by atoms with E-state index in [0.29, 0.717) is 24.6 Å². The van der Waals surface area contributed by atoms with Crippen LogP contribution in [0.2, 0.25) is 0 Å². The van der Waals surface area contributed by atoms with Crippen LogP contribution in [-0.2, 0) is 13.0 Å². The fourth-order valence-corrected chi connectivity index (χ4v) is 4.90. The van der Waals surface area contributed by atoms with Crippen molar-refractivity contribution in [3.63, 3.8) is 0 Å². The number of carboxylic acids is 1. The van der Waals surface area contributed by atoms with E-state index in [9.17, 15) is 9.90 Å². The number of nitrogens with zero attached hydrogens (tertiary/aromatic N) is 1. The Labute approximate surface area is 179 Å². The lowest BCUT2D eigenvalue weighted by Crippen LogP contribution is -2.37. The van der Waals surface area contributed by atoms with Crippen molar-refractivity contribution in [2.75, 3.05) is 13.2 Å². The molecule has 0 spiro atoms. The molecule has 1 fully saturated rings. The first kappa shape index (κ1) is 20.9. The summed E-state index contributed by atoms with van der Waals surface area (Å²) in [5, 5.41) is 9.41. The van der Waals surface area contributed by atoms with Gasteiger partial charge >= 0.3 is 5.97 Å². The van der Waals surface area contributed by atoms with Crippen molar-refractivity contribution in [3.8, 4) is 5.75 Å². The number of rotatable bonds is 2. The molecular formula is C26H33NO3. The number of carboxylic acid groups (broad SMARTS) is 1. The largest absolute Gasteiger partial charge is 0.493 e. The molecule has 2 aromatic rings. The minimum atomic E-state index is -0.894. The summed E-state index contributed by atoms with van der Waals surface area (Å²) in [4.78, 5) is 14.2. The molecule has 0 radical (unpaired) electrons. The minimum absolute atomic E-state index is 0.318. The summed E-state index contributed by atoms with van der Waals surface area (Å²) in [6.45, 7) is 2.85. The summed E-state index contributed by atoms with van der Waals surface area (Å²) in [6.07, 6.45) is 10.8. The van der Waals surface area contributed by atoms with E-state index < -0.39 is 5.97 Å². The normalized spacial score (nSPS) is 19.3. The van der Waals surface area contributed by atoms with E-state index in [-0.39, 0.29) is 0 Å². The number of benzene rings is 2. The van der Waals surface area contributed by atoms with Crippen LogP contribution in [0.4, 0.5) is 0 Å². The maximum absolute atomic E-state index is 11.5. The van der Waals surface area contributed by atoms with Crippen LogP contribution in [0.3, 0.4) is 0 Å². The number of aromatic carboxylic acids is 1. The van der Waals surface area contributed by atoms with Crippen LogP contribution >= 0.6 is 0 Å². The van der Waals surface area contributed by atoms with Crippen LogP contribution in [0.1, 0.15) is 78.4 Å². The van der Waals surface area contributed by atoms with E-state index in [2.05, 4.69) is 29.2 Å². The number of ether oxygens (including phenoxy) is 1. The van der Waals surface area contributed by atoms with Gasteiger partial charge in [-0.1, -0.05) is 43.5 Å². The van der Waals surface area contributed by atoms with E-state index in [4.69, 9.17) is 4.74 Å². The quantitative estimate of drug-likeness (QED) is 0.696. The minimum Gasteiger partial charge on any atom is -0.493 e. The first-order chi connectivity index (χ1) is 14.7. The highest BCUT2D eigenvalue weighted by atomic mass is 16.5. The van der Waals surface area contributed by atoms with E-state index in [0.717, 1.165) is 37.2 Å². The second-order valence-electron chi connectivity index (χ2n) is 8.80. The topological polar surface area (TPSA) is 49.8 Å². The van der Waals surface area contributed by atoms with Crippen molar-refractivity contribution >= 4 is 5.97 Å². The molecule has 2 bridgehead atoms. The van der Waals surface area contributed by atoms with Crippen molar-refractivity contribution in [1.29, 1.82) is 0 Å². The van der Waals surface area contributed by atoms with Crippen LogP contribution in [0.25, 0.3) is 0 Å². The van der Waals surface area contributed by atoms with Gasteiger partial charge < -0.3 is 9.84 Å². The lowest BCUT2D eigenvalue weighted by molar-refractivity contribution is 0.0696. The molecule has 2 aliphatic rings. The third-order valence-corrected chi connectivity index (χ3v) is 6.52. The second-order valence-corrected chi connectivity index (χ2v) is 8.80. The Morgan fingerprint density at radius 3 is 2.57 bits per heavy atom. The molecule has 1 saturated carbocycles. The van der Waals surface area contributed by atoms with E-state index in [1.807, 2.05) is 6.07 Å². The van der Waals surface area contributed by atoms with Crippen LogP contribution in [-0.4, -0.2) is 35.2 Å². The Hall–Kier alpha value is -2.33. The summed E-state index contributed by atoms with van der Waals surface area (Å²) >= 11 is 0. The van der Waals surface area contributed by atoms with Gasteiger partial charge in [0.05, 0.1) is 12.2 Å². The molecule has 4 rings (SSSR count). The lowest BCUT2D eigenvalue weighted by Gasteiger charge is -2.34. The first-order valence-corrected chi connectivity index (χ1v) is 11.5. The van der Waals surface area contributed by atoms with Gasteiger partial charge in [-0.25, -0.2) is 4.79 Å². The Balaban J connectivity index is 1.61. The molecule has 4 heteroatoms. The molecule has 1 N–H and O–H groups in total. The average Bonchev–Trinajstić information content (AvgIpc) is 2.76. The van der Waals surface area contributed by atoms with E-state index in [1.165, 1.54) is 49.7 Å². The van der Waals surface area contributed by atoms with Crippen molar-refractivity contribution < 1.29 is 14.6 Å². The molecule has 0 amide bonds. The van der Waals surface area contributed by atoms with Crippen LogP contribution in [0.15, 0.2) is 42.5 Å². The summed E-state index contributed by atoms with van der Waals surface area (Å²) in [6, 6.07) is 14.7. The number of carbonyl (C=O) groups is 1. The molecule has 1 aliphatic heterocycles. The molecule has 1 heterocycles. The van der Waals surface area contributed by atoms with Crippen molar-refractivity contribution in [1.82, 2.24) is 4.90 Å². The number of fused-ring (bicyclic) bond motifs is 3. The second kappa shape index (κ2) is 10.1. The Morgan fingerprint density at radius 1 is 0.933 bits per heavy atom. The Kier molecular flexibility index (Phi) is 7.06. The molecule has 1 aliphatic carbocycles. The summed E-state index contributed by atoms with van der Waals surface area (Å²) in [7, 11) is 0. The highest BCUT2D eigenvalue weighted by molar-refractivity contribution is 5.88. The van der Waals surface area contributed by atoms with Crippen LogP contribution in [0, 0.1) is 0 Å². The van der Waals surface area contributed by atoms with Gasteiger partial charge in [0.15, 0.2) is 0 Å². The predicted octanol–water partition coefficient (Wildman–Crippen LogP) is 5.67. The lowest BCUT2D eigenvalue weighted by atomic mass is 9.93. The van der Waals surface area contributed by atoms with Gasteiger partial charge in [-0.2, -0.15) is 0 Å². The number of hydrogen-bond donors (Lipinski definition) is 1. The summed E-state index contributed by atoms with van der Waals surface area (Å²) in [5.74, 6) is -0.0830. The van der Waals surface area contributed by atoms with Crippen molar-refractivity contribution in [3.05, 3.63) is 64.7 Å². The van der Waals surface area contributed by atoms with E-state index >= 15 is 0 Å². The van der Waals surface area contributed by atoms with Crippen LogP contribution < -0.4 is 4.74 Å². The predicted molar refractivity (Wildman–Crippen MR) is 119 cm³/mol. The molecule has 0 aromatic heterocycles. The zero-order chi connectivity index (χ0) is 20.8. The molecular weight excluding hydrogens is 374 g/mol. The van der Waals surface area contributed by atoms with Crippen molar-refractivity contribution in [2.45, 2.75) is 70.4 Å². The van der Waals surface area contributed by atoms with Crippen LogP contribution in [0.5, 0.6) is 5.75 Å². The smallest absolute Gasteiger partial charge is 0.335 e. The maximum atomic E-state index is 11.5. The summed E-state index contributed by atoms with van der Waals surface area (Å²) < 4.78 is 6.08. The molecule has 160 valence electrons. The summed E-state index contributed by atoms with van der Waals surface area (Å²) in [5.41, 5.74) is 3.83. The third-order valence-electron chi connectivity index (χ3n) is 6.52. The van der Waals surface area contributed by atoms with E-state index in [1.54, 1.807) is 12.1 Å². The van der Waals surface area contributed by atoms with Gasteiger partial charge in [-0.3, -0.25) is 4.90 Å². The van der Waals surface area contributed by atoms with Gasteiger partial charge in [0.2, 0.25) is 0 Å². The SMILES string of the molecule is O=C(O)c1ccc2c(c1)Cc1cccc(c1)CN(C1CCCCC1)CCCCCO2. The molecule has 0 unspecified atom stereocenters. The fourth-order valence-electron chi connectivity index (χ4n) is 4.90. The van der Waals surface area contributed by atoms with Gasteiger partial charge in [-0.05, 0) is 73.5 Å². The van der Waals surface area contributed by atoms with Gasteiger partial charge in [-0.15, -0.1) is 0 Å². The standard InChI is InChI=1S/C26H33NO3/c28-26(29)22-12-13-25-23(18-22)17-20-8-7-9-21(16-20)19-27(14-5-2-6-15-30-25)24-10-3-1-4-11-24/h7-9,12-13,16,18,24H,1-6,10-11,14-15,17,19H2,(H,28,29). The zero-order valence-corrected chi connectivity index (χ0v) is 17.8. The molecule has 2 aromatic carbocycles. The third kappa shape index (κ3) is 5.42.